The summed E-state index contributed by atoms with van der Waals surface area (Å²) in [5, 5.41) is 9.11. The number of hydrogen-bond acceptors (Lipinski definition) is 3. The molecule has 0 atom stereocenters. The maximum absolute atomic E-state index is 11.0. The van der Waals surface area contributed by atoms with Crippen molar-refractivity contribution in [1.82, 2.24) is 0 Å². The molecule has 1 N–H and O–H groups in total. The van der Waals surface area contributed by atoms with Gasteiger partial charge in [-0.2, -0.15) is 0 Å². The molecule has 4 heteroatoms. The second-order valence-corrected chi connectivity index (χ2v) is 5.13. The van der Waals surface area contributed by atoms with Gasteiger partial charge in [0.2, 0.25) is 0 Å². The zero-order valence-electron chi connectivity index (χ0n) is 10.5. The van der Waals surface area contributed by atoms with Crippen molar-refractivity contribution in [2.45, 2.75) is 20.3 Å². The van der Waals surface area contributed by atoms with Gasteiger partial charge in [0.15, 0.2) is 5.12 Å². The van der Waals surface area contributed by atoms with Gasteiger partial charge in [-0.15, -0.1) is 0 Å². The molecule has 0 aliphatic rings. The van der Waals surface area contributed by atoms with E-state index in [9.17, 15) is 9.59 Å². The molecule has 0 spiro atoms. The molecule has 1 rings (SSSR count). The van der Waals surface area contributed by atoms with Gasteiger partial charge in [0.05, 0.1) is 5.56 Å². The first kappa shape index (κ1) is 14.5. The summed E-state index contributed by atoms with van der Waals surface area (Å²) in [5.74, 6) is -0.154. The van der Waals surface area contributed by atoms with Crippen LogP contribution in [0.3, 0.4) is 0 Å². The number of allylic oxidation sites excluding steroid dienone is 1. The minimum Gasteiger partial charge on any atom is -0.478 e. The van der Waals surface area contributed by atoms with Crippen molar-refractivity contribution in [3.8, 4) is 0 Å². The number of benzene rings is 1. The summed E-state index contributed by atoms with van der Waals surface area (Å²) in [6.45, 7) is 3.35. The highest BCUT2D eigenvalue weighted by molar-refractivity contribution is 8.13. The van der Waals surface area contributed by atoms with Crippen LogP contribution in [0.15, 0.2) is 24.3 Å². The van der Waals surface area contributed by atoms with Crippen LogP contribution in [0.5, 0.6) is 0 Å². The second kappa shape index (κ2) is 7.01. The Kier molecular flexibility index (Phi) is 5.65. The zero-order chi connectivity index (χ0) is 13.5. The van der Waals surface area contributed by atoms with Gasteiger partial charge in [0.1, 0.15) is 0 Å². The van der Waals surface area contributed by atoms with Gasteiger partial charge in [0, 0.05) is 12.7 Å². The first-order valence-electron chi connectivity index (χ1n) is 5.65. The van der Waals surface area contributed by atoms with E-state index in [1.807, 2.05) is 18.2 Å². The third kappa shape index (κ3) is 4.37. The Labute approximate surface area is 111 Å². The molecular weight excluding hydrogens is 248 g/mol. The molecule has 96 valence electrons. The summed E-state index contributed by atoms with van der Waals surface area (Å²) < 4.78 is 0. The number of thioether (sulfide) groups is 1. The summed E-state index contributed by atoms with van der Waals surface area (Å²) >= 11 is 1.29. The highest BCUT2D eigenvalue weighted by Gasteiger charge is 2.07. The average molecular weight is 264 g/mol. The molecule has 18 heavy (non-hydrogen) atoms. The van der Waals surface area contributed by atoms with Crippen LogP contribution < -0.4 is 0 Å². The van der Waals surface area contributed by atoms with Crippen LogP contribution in [0.4, 0.5) is 0 Å². The van der Waals surface area contributed by atoms with Gasteiger partial charge in [0.25, 0.3) is 0 Å². The molecule has 1 aromatic carbocycles. The van der Waals surface area contributed by atoms with Gasteiger partial charge in [-0.05, 0) is 30.5 Å². The van der Waals surface area contributed by atoms with Crippen molar-refractivity contribution < 1.29 is 14.7 Å². The van der Waals surface area contributed by atoms with E-state index >= 15 is 0 Å². The third-order valence-corrected chi connectivity index (χ3v) is 3.34. The quantitative estimate of drug-likeness (QED) is 0.828. The van der Waals surface area contributed by atoms with Crippen LogP contribution in [0.1, 0.15) is 34.8 Å². The van der Waals surface area contributed by atoms with Crippen LogP contribution in [0.25, 0.3) is 6.08 Å². The predicted octanol–water partition coefficient (Wildman–Crippen LogP) is 3.38. The lowest BCUT2D eigenvalue weighted by molar-refractivity contribution is -0.109. The molecule has 0 saturated carbocycles. The highest BCUT2D eigenvalue weighted by atomic mass is 32.2. The molecule has 0 fully saturated rings. The van der Waals surface area contributed by atoms with E-state index in [0.29, 0.717) is 5.56 Å². The van der Waals surface area contributed by atoms with Crippen molar-refractivity contribution >= 4 is 28.9 Å². The van der Waals surface area contributed by atoms with Gasteiger partial charge >= 0.3 is 5.97 Å². The van der Waals surface area contributed by atoms with Gasteiger partial charge in [-0.3, -0.25) is 4.79 Å². The number of carboxylic acids is 1. The van der Waals surface area contributed by atoms with E-state index in [2.05, 4.69) is 0 Å². The van der Waals surface area contributed by atoms with E-state index in [0.717, 1.165) is 23.3 Å². The maximum atomic E-state index is 11.0. The Morgan fingerprint density at radius 3 is 2.72 bits per heavy atom. The lowest BCUT2D eigenvalue weighted by atomic mass is 10.0. The molecular formula is C14H16O3S. The Morgan fingerprint density at radius 2 is 2.11 bits per heavy atom. The molecule has 0 radical (unpaired) electrons. The van der Waals surface area contributed by atoms with Crippen LogP contribution in [-0.2, 0) is 4.79 Å². The molecule has 0 aliphatic heterocycles. The second-order valence-electron chi connectivity index (χ2n) is 3.86. The van der Waals surface area contributed by atoms with E-state index in [1.54, 1.807) is 26.0 Å². The highest BCUT2D eigenvalue weighted by Crippen LogP contribution is 2.16. The Balaban J connectivity index is 2.67. The number of aromatic carboxylic acids is 1. The fourth-order valence-corrected chi connectivity index (χ4v) is 2.09. The molecule has 0 aliphatic carbocycles. The van der Waals surface area contributed by atoms with Gasteiger partial charge < -0.3 is 5.11 Å². The molecule has 0 aromatic heterocycles. The third-order valence-electron chi connectivity index (χ3n) is 2.49. The molecule has 1 aromatic rings. The summed E-state index contributed by atoms with van der Waals surface area (Å²) in [6.07, 6.45) is 4.66. The Morgan fingerprint density at radius 1 is 1.39 bits per heavy atom. The average Bonchev–Trinajstić information content (AvgIpc) is 2.30. The fourth-order valence-electron chi connectivity index (χ4n) is 1.55. The topological polar surface area (TPSA) is 54.4 Å². The molecule has 0 saturated heterocycles. The molecule has 0 bridgehead atoms. The summed E-state index contributed by atoms with van der Waals surface area (Å²) in [6, 6.07) is 5.22. The summed E-state index contributed by atoms with van der Waals surface area (Å²) in [7, 11) is 0. The van der Waals surface area contributed by atoms with E-state index < -0.39 is 5.97 Å². The van der Waals surface area contributed by atoms with Crippen LogP contribution in [-0.4, -0.2) is 21.9 Å². The first-order valence-corrected chi connectivity index (χ1v) is 6.63. The van der Waals surface area contributed by atoms with Crippen molar-refractivity contribution in [1.29, 1.82) is 0 Å². The standard InChI is InChI=1S/C14H16O3S/c1-10-12(6-3-4-9-18-11(2)15)7-5-8-13(10)14(16)17/h3,5-8H,4,9H2,1-2H3,(H,16,17). The lowest BCUT2D eigenvalue weighted by Gasteiger charge is -2.04. The minimum atomic E-state index is -0.908. The SMILES string of the molecule is CC(=O)SCCC=Cc1cccc(C(=O)O)c1C. The minimum absolute atomic E-state index is 0.118. The van der Waals surface area contributed by atoms with E-state index in [1.165, 1.54) is 11.8 Å². The normalized spacial score (nSPS) is 10.8. The van der Waals surface area contributed by atoms with E-state index in [-0.39, 0.29) is 5.12 Å². The fraction of sp³-hybridized carbons (Fsp3) is 0.286. The van der Waals surface area contributed by atoms with Crippen LogP contribution in [0.2, 0.25) is 0 Å². The monoisotopic (exact) mass is 264 g/mol. The van der Waals surface area contributed by atoms with Crippen LogP contribution in [0, 0.1) is 6.92 Å². The van der Waals surface area contributed by atoms with E-state index in [4.69, 9.17) is 5.11 Å². The Bertz CT molecular complexity index is 478. The molecule has 0 unspecified atom stereocenters. The van der Waals surface area contributed by atoms with Crippen LogP contribution >= 0.6 is 11.8 Å². The number of rotatable bonds is 5. The van der Waals surface area contributed by atoms with Gasteiger partial charge in [-0.1, -0.05) is 36.0 Å². The Hall–Kier alpha value is -1.55. The van der Waals surface area contributed by atoms with Crippen molar-refractivity contribution in [2.75, 3.05) is 5.75 Å². The maximum Gasteiger partial charge on any atom is 0.335 e. The number of carbonyl (C=O) groups excluding carboxylic acids is 1. The lowest BCUT2D eigenvalue weighted by Crippen LogP contribution is -2.00. The molecule has 3 nitrogen and oxygen atoms in total. The first-order chi connectivity index (χ1) is 8.52. The zero-order valence-corrected chi connectivity index (χ0v) is 11.3. The van der Waals surface area contributed by atoms with Crippen molar-refractivity contribution in [2.24, 2.45) is 0 Å². The number of carbonyl (C=O) groups is 2. The van der Waals surface area contributed by atoms with Gasteiger partial charge in [-0.25, -0.2) is 4.79 Å². The summed E-state index contributed by atoms with van der Waals surface area (Å²) in [4.78, 5) is 21.7. The van der Waals surface area contributed by atoms with Crippen molar-refractivity contribution in [3.05, 3.63) is 41.0 Å². The largest absolute Gasteiger partial charge is 0.478 e. The number of carboxylic acid groups (broad SMARTS) is 1. The predicted molar refractivity (Wildman–Crippen MR) is 74.9 cm³/mol. The smallest absolute Gasteiger partial charge is 0.335 e. The summed E-state index contributed by atoms with van der Waals surface area (Å²) in [5.41, 5.74) is 2.00. The molecule has 0 amide bonds. The number of hydrogen-bond donors (Lipinski definition) is 1. The molecule has 0 heterocycles. The van der Waals surface area contributed by atoms with Crippen molar-refractivity contribution in [3.63, 3.8) is 0 Å².